The van der Waals surface area contributed by atoms with Crippen molar-refractivity contribution < 1.29 is 9.59 Å². The van der Waals surface area contributed by atoms with Crippen molar-refractivity contribution in [3.05, 3.63) is 12.3 Å². The van der Waals surface area contributed by atoms with E-state index in [0.29, 0.717) is 12.8 Å². The van der Waals surface area contributed by atoms with Crippen molar-refractivity contribution in [2.75, 3.05) is 46.2 Å². The van der Waals surface area contributed by atoms with E-state index in [0.717, 1.165) is 37.4 Å². The van der Waals surface area contributed by atoms with Gasteiger partial charge in [-0.3, -0.25) is 9.59 Å². The molecule has 134 valence electrons. The van der Waals surface area contributed by atoms with Gasteiger partial charge in [-0.05, 0) is 38.8 Å². The van der Waals surface area contributed by atoms with Crippen LogP contribution in [0.3, 0.4) is 0 Å². The molecule has 0 aliphatic rings. The Kier molecular flexibility index (Phi) is 11.9. The Morgan fingerprint density at radius 2 is 1.91 bits per heavy atom. The molecule has 23 heavy (non-hydrogen) atoms. The zero-order valence-electron chi connectivity index (χ0n) is 15.4. The molecule has 1 N–H and O–H groups in total. The molecule has 0 aliphatic carbocycles. The van der Waals surface area contributed by atoms with Crippen LogP contribution in [0.25, 0.3) is 0 Å². The highest BCUT2D eigenvalue weighted by molar-refractivity contribution is 7.98. The lowest BCUT2D eigenvalue weighted by Crippen LogP contribution is -2.44. The lowest BCUT2D eigenvalue weighted by atomic mass is 10.0. The number of ketones is 1. The van der Waals surface area contributed by atoms with E-state index in [1.54, 1.807) is 30.6 Å². The molecular formula is C17H33N3O2S. The van der Waals surface area contributed by atoms with Crippen molar-refractivity contribution in [3.63, 3.8) is 0 Å². The van der Waals surface area contributed by atoms with Crippen LogP contribution in [-0.4, -0.2) is 73.8 Å². The summed E-state index contributed by atoms with van der Waals surface area (Å²) in [4.78, 5) is 27.7. The Morgan fingerprint density at radius 1 is 1.26 bits per heavy atom. The van der Waals surface area contributed by atoms with Crippen LogP contribution in [0.15, 0.2) is 12.3 Å². The normalized spacial score (nSPS) is 11.9. The molecule has 0 aliphatic heterocycles. The first-order valence-corrected chi connectivity index (χ1v) is 9.53. The van der Waals surface area contributed by atoms with Crippen LogP contribution in [0.2, 0.25) is 0 Å². The molecule has 0 saturated heterocycles. The van der Waals surface area contributed by atoms with E-state index in [-0.39, 0.29) is 17.7 Å². The lowest BCUT2D eigenvalue weighted by Gasteiger charge is -2.34. The summed E-state index contributed by atoms with van der Waals surface area (Å²) >= 11 is 1.80. The SMILES string of the molecule is C=C(C(CC(C)=O)N(C)C(=O)CCCCSC)N(C)CCNC. The Morgan fingerprint density at radius 3 is 2.43 bits per heavy atom. The molecule has 0 aromatic carbocycles. The van der Waals surface area contributed by atoms with E-state index < -0.39 is 0 Å². The summed E-state index contributed by atoms with van der Waals surface area (Å²) in [5.74, 6) is 1.23. The average Bonchev–Trinajstić information content (AvgIpc) is 2.52. The van der Waals surface area contributed by atoms with Gasteiger partial charge in [-0.25, -0.2) is 0 Å². The topological polar surface area (TPSA) is 52.7 Å². The number of hydrogen-bond donors (Lipinski definition) is 1. The van der Waals surface area contributed by atoms with Crippen molar-refractivity contribution in [3.8, 4) is 0 Å². The quantitative estimate of drug-likeness (QED) is 0.518. The van der Waals surface area contributed by atoms with E-state index in [1.807, 2.05) is 19.0 Å². The van der Waals surface area contributed by atoms with E-state index in [4.69, 9.17) is 0 Å². The van der Waals surface area contributed by atoms with Gasteiger partial charge in [0.25, 0.3) is 0 Å². The van der Waals surface area contributed by atoms with Gasteiger partial charge in [-0.1, -0.05) is 6.58 Å². The Labute approximate surface area is 145 Å². The van der Waals surface area contributed by atoms with Crippen LogP contribution in [0.4, 0.5) is 0 Å². The van der Waals surface area contributed by atoms with Crippen molar-refractivity contribution in [2.24, 2.45) is 0 Å². The first-order valence-electron chi connectivity index (χ1n) is 8.13. The molecular weight excluding hydrogens is 310 g/mol. The van der Waals surface area contributed by atoms with Crippen LogP contribution in [0, 0.1) is 0 Å². The highest BCUT2D eigenvalue weighted by Gasteiger charge is 2.25. The first-order chi connectivity index (χ1) is 10.8. The maximum absolute atomic E-state index is 12.4. The number of carbonyl (C=O) groups excluding carboxylic acids is 2. The second-order valence-electron chi connectivity index (χ2n) is 5.89. The zero-order valence-corrected chi connectivity index (χ0v) is 16.2. The number of hydrogen-bond acceptors (Lipinski definition) is 5. The van der Waals surface area contributed by atoms with Gasteiger partial charge in [0.15, 0.2) is 0 Å². The second-order valence-corrected chi connectivity index (χ2v) is 6.88. The minimum Gasteiger partial charge on any atom is -0.375 e. The maximum atomic E-state index is 12.4. The van der Waals surface area contributed by atoms with Crippen molar-refractivity contribution in [1.82, 2.24) is 15.1 Å². The summed E-state index contributed by atoms with van der Waals surface area (Å²) in [5, 5.41) is 3.09. The molecule has 0 spiro atoms. The fourth-order valence-corrected chi connectivity index (χ4v) is 2.79. The smallest absolute Gasteiger partial charge is 0.222 e. The molecule has 0 saturated carbocycles. The van der Waals surface area contributed by atoms with Crippen molar-refractivity contribution >= 4 is 23.5 Å². The molecule has 5 nitrogen and oxygen atoms in total. The predicted molar refractivity (Wildman–Crippen MR) is 99.8 cm³/mol. The van der Waals surface area contributed by atoms with Gasteiger partial charge in [-0.15, -0.1) is 0 Å². The number of thioether (sulfide) groups is 1. The van der Waals surface area contributed by atoms with Gasteiger partial charge >= 0.3 is 0 Å². The number of rotatable bonds is 13. The Balaban J connectivity index is 4.76. The minimum atomic E-state index is -0.262. The number of unbranched alkanes of at least 4 members (excludes halogenated alkanes) is 1. The minimum absolute atomic E-state index is 0.0696. The molecule has 1 amide bonds. The van der Waals surface area contributed by atoms with E-state index in [1.165, 1.54) is 0 Å². The Hall–Kier alpha value is -1.01. The molecule has 0 heterocycles. The lowest BCUT2D eigenvalue weighted by molar-refractivity contribution is -0.132. The fourth-order valence-electron chi connectivity index (χ4n) is 2.30. The standard InChI is InChI=1S/C17H33N3O2S/c1-14(21)13-16(15(2)19(4)11-10-18-3)20(5)17(22)9-7-8-12-23-6/h16,18H,2,7-13H2,1,3-6H3. The van der Waals surface area contributed by atoms with Crippen LogP contribution < -0.4 is 5.32 Å². The van der Waals surface area contributed by atoms with Gasteiger partial charge in [0.1, 0.15) is 5.78 Å². The molecule has 1 atom stereocenters. The molecule has 0 fully saturated rings. The van der Waals surface area contributed by atoms with Crippen molar-refractivity contribution in [2.45, 2.75) is 38.6 Å². The van der Waals surface area contributed by atoms with Crippen LogP contribution >= 0.6 is 11.8 Å². The number of Topliss-reactive ketones (excluding diaryl/α,β-unsaturated/α-hetero) is 1. The molecule has 0 radical (unpaired) electrons. The third kappa shape index (κ3) is 9.01. The molecule has 6 heteroatoms. The van der Waals surface area contributed by atoms with Crippen LogP contribution in [0.1, 0.15) is 32.6 Å². The molecule has 0 rings (SSSR count). The third-order valence-corrected chi connectivity index (χ3v) is 4.60. The summed E-state index contributed by atoms with van der Waals surface area (Å²) < 4.78 is 0. The summed E-state index contributed by atoms with van der Waals surface area (Å²) in [7, 11) is 5.62. The van der Waals surface area contributed by atoms with Crippen molar-refractivity contribution in [1.29, 1.82) is 0 Å². The number of amides is 1. The monoisotopic (exact) mass is 343 g/mol. The highest BCUT2D eigenvalue weighted by atomic mass is 32.2. The van der Waals surface area contributed by atoms with E-state index >= 15 is 0 Å². The first kappa shape index (κ1) is 22.0. The van der Waals surface area contributed by atoms with E-state index in [2.05, 4.69) is 18.2 Å². The molecule has 1 unspecified atom stereocenters. The molecule has 0 aromatic rings. The number of nitrogens with one attached hydrogen (secondary N) is 1. The number of likely N-dealkylation sites (N-methyl/N-ethyl adjacent to an activating group) is 3. The Bertz CT molecular complexity index is 388. The summed E-state index contributed by atoms with van der Waals surface area (Å²) in [6.45, 7) is 7.30. The number of carbonyl (C=O) groups is 2. The summed E-state index contributed by atoms with van der Waals surface area (Å²) in [6.07, 6.45) is 4.84. The van der Waals surface area contributed by atoms with Crippen LogP contribution in [-0.2, 0) is 9.59 Å². The largest absolute Gasteiger partial charge is 0.375 e. The summed E-state index contributed by atoms with van der Waals surface area (Å²) in [6, 6.07) is -0.262. The number of nitrogens with zero attached hydrogens (tertiary/aromatic N) is 2. The van der Waals surface area contributed by atoms with E-state index in [9.17, 15) is 9.59 Å². The van der Waals surface area contributed by atoms with Gasteiger partial charge in [0, 0.05) is 45.7 Å². The molecule has 0 aromatic heterocycles. The predicted octanol–water partition coefficient (Wildman–Crippen LogP) is 1.99. The molecule has 0 bridgehead atoms. The third-order valence-electron chi connectivity index (χ3n) is 3.90. The fraction of sp³-hybridized carbons (Fsp3) is 0.765. The van der Waals surface area contributed by atoms with Gasteiger partial charge in [-0.2, -0.15) is 11.8 Å². The van der Waals surface area contributed by atoms with Crippen LogP contribution in [0.5, 0.6) is 0 Å². The van der Waals surface area contributed by atoms with Gasteiger partial charge in [0.2, 0.25) is 5.91 Å². The van der Waals surface area contributed by atoms with Gasteiger partial charge in [0.05, 0.1) is 6.04 Å². The zero-order chi connectivity index (χ0) is 17.8. The average molecular weight is 344 g/mol. The summed E-state index contributed by atoms with van der Waals surface area (Å²) in [5.41, 5.74) is 0.815. The van der Waals surface area contributed by atoms with Gasteiger partial charge < -0.3 is 15.1 Å². The second kappa shape index (κ2) is 12.4. The maximum Gasteiger partial charge on any atom is 0.222 e. The highest BCUT2D eigenvalue weighted by Crippen LogP contribution is 2.17.